The molecule has 0 aromatic heterocycles. The number of carbonyl (C=O) groups is 1. The minimum absolute atomic E-state index is 0.314. The highest BCUT2D eigenvalue weighted by Crippen LogP contribution is 2.14. The van der Waals surface area contributed by atoms with E-state index in [1.807, 2.05) is 6.07 Å². The van der Waals surface area contributed by atoms with Crippen LogP contribution >= 0.6 is 11.9 Å². The Bertz CT molecular complexity index is 382. The number of hydrogen-bond acceptors (Lipinski definition) is 3. The molecule has 0 N–H and O–H groups in total. The van der Waals surface area contributed by atoms with Gasteiger partial charge in [0, 0.05) is 0 Å². The molecule has 0 saturated heterocycles. The van der Waals surface area contributed by atoms with Crippen LogP contribution in [0.5, 0.6) is 0 Å². The summed E-state index contributed by atoms with van der Waals surface area (Å²) in [6, 6.07) is 6.75. The molecule has 4 heteroatoms. The second-order valence-electron chi connectivity index (χ2n) is 2.45. The highest BCUT2D eigenvalue weighted by Gasteiger charge is 2.11. The molecule has 0 heterocycles. The van der Waals surface area contributed by atoms with E-state index in [1.165, 1.54) is 0 Å². The van der Waals surface area contributed by atoms with Gasteiger partial charge >= 0.3 is 5.97 Å². The van der Waals surface area contributed by atoms with Crippen molar-refractivity contribution in [1.29, 1.82) is 5.26 Å². The zero-order chi connectivity index (χ0) is 9.84. The lowest BCUT2D eigenvalue weighted by Gasteiger charge is -2.02. The van der Waals surface area contributed by atoms with Crippen LogP contribution in [0.3, 0.4) is 0 Å². The van der Waals surface area contributed by atoms with Gasteiger partial charge in [-0.3, -0.25) is 0 Å². The number of halogens is 1. The second kappa shape index (κ2) is 3.92. The van der Waals surface area contributed by atoms with Crippen molar-refractivity contribution in [1.82, 2.24) is 0 Å². The Labute approximate surface area is 80.7 Å². The van der Waals surface area contributed by atoms with Gasteiger partial charge in [-0.05, 0) is 24.6 Å². The molecule has 3 nitrogen and oxygen atoms in total. The first-order valence-corrected chi connectivity index (χ1v) is 3.84. The Hall–Kier alpha value is -1.53. The van der Waals surface area contributed by atoms with Gasteiger partial charge in [0.15, 0.2) is 0 Å². The lowest BCUT2D eigenvalue weighted by molar-refractivity contribution is 0.0750. The third kappa shape index (κ3) is 1.79. The molecule has 1 aromatic rings. The summed E-state index contributed by atoms with van der Waals surface area (Å²) in [6.45, 7) is 1.67. The van der Waals surface area contributed by atoms with Crippen molar-refractivity contribution < 1.29 is 9.08 Å². The third-order valence-corrected chi connectivity index (χ3v) is 1.88. The van der Waals surface area contributed by atoms with Gasteiger partial charge in [-0.25, -0.2) is 4.79 Å². The lowest BCUT2D eigenvalue weighted by Crippen LogP contribution is -2.02. The SMILES string of the molecule is Cc1c(C#N)cccc1C(=O)OCl. The molecular weight excluding hydrogens is 190 g/mol. The van der Waals surface area contributed by atoms with E-state index in [9.17, 15) is 4.79 Å². The molecule has 1 rings (SSSR count). The monoisotopic (exact) mass is 195 g/mol. The van der Waals surface area contributed by atoms with Crippen LogP contribution in [0, 0.1) is 18.3 Å². The van der Waals surface area contributed by atoms with Crippen LogP contribution in [0.25, 0.3) is 0 Å². The molecule has 0 aliphatic carbocycles. The number of rotatable bonds is 1. The number of nitrogens with zero attached hydrogens (tertiary/aromatic N) is 1. The Kier molecular flexibility index (Phi) is 2.88. The largest absolute Gasteiger partial charge is 0.356 e. The zero-order valence-corrected chi connectivity index (χ0v) is 7.63. The van der Waals surface area contributed by atoms with Gasteiger partial charge in [0.1, 0.15) is 11.9 Å². The van der Waals surface area contributed by atoms with Crippen molar-refractivity contribution in [2.24, 2.45) is 0 Å². The van der Waals surface area contributed by atoms with Gasteiger partial charge in [0.2, 0.25) is 0 Å². The average Bonchev–Trinajstić information content (AvgIpc) is 2.17. The van der Waals surface area contributed by atoms with Crippen molar-refractivity contribution in [3.63, 3.8) is 0 Å². The van der Waals surface area contributed by atoms with Crippen LogP contribution in [0.1, 0.15) is 21.5 Å². The molecule has 0 radical (unpaired) electrons. The smallest absolute Gasteiger partial charge is 0.343 e. The molecule has 1 aromatic carbocycles. The highest BCUT2D eigenvalue weighted by molar-refractivity contribution is 6.16. The average molecular weight is 196 g/mol. The van der Waals surface area contributed by atoms with Gasteiger partial charge in [-0.15, -0.1) is 0 Å². The second-order valence-corrected chi connectivity index (χ2v) is 2.61. The van der Waals surface area contributed by atoms with E-state index >= 15 is 0 Å². The third-order valence-electron chi connectivity index (χ3n) is 1.74. The molecule has 0 aliphatic rings. The minimum atomic E-state index is -0.642. The van der Waals surface area contributed by atoms with Crippen molar-refractivity contribution >= 4 is 17.8 Å². The van der Waals surface area contributed by atoms with E-state index in [4.69, 9.17) is 17.1 Å². The maximum absolute atomic E-state index is 11.0. The summed E-state index contributed by atoms with van der Waals surface area (Å²) < 4.78 is 4.04. The lowest BCUT2D eigenvalue weighted by atomic mass is 10.0. The molecule has 0 bridgehead atoms. The van der Waals surface area contributed by atoms with Crippen LogP contribution in [-0.4, -0.2) is 5.97 Å². The summed E-state index contributed by atoms with van der Waals surface area (Å²) in [6.07, 6.45) is 0. The van der Waals surface area contributed by atoms with E-state index in [1.54, 1.807) is 25.1 Å². The number of nitriles is 1. The Morgan fingerprint density at radius 3 is 2.85 bits per heavy atom. The molecule has 0 unspecified atom stereocenters. The first kappa shape index (κ1) is 9.56. The number of hydrogen-bond donors (Lipinski definition) is 0. The quantitative estimate of drug-likeness (QED) is 0.690. The van der Waals surface area contributed by atoms with Gasteiger partial charge in [0.25, 0.3) is 0 Å². The summed E-state index contributed by atoms with van der Waals surface area (Å²) >= 11 is 4.92. The number of benzene rings is 1. The molecule has 0 fully saturated rings. The topological polar surface area (TPSA) is 50.1 Å². The van der Waals surface area contributed by atoms with E-state index in [-0.39, 0.29) is 0 Å². The standard InChI is InChI=1S/C9H6ClNO2/c1-6-7(5-11)3-2-4-8(6)9(12)13-10/h2-4H,1H3. The maximum atomic E-state index is 11.0. The van der Waals surface area contributed by atoms with E-state index in [0.717, 1.165) is 0 Å². The van der Waals surface area contributed by atoms with Gasteiger partial charge < -0.3 is 4.29 Å². The van der Waals surface area contributed by atoms with Crippen LogP contribution in [0.15, 0.2) is 18.2 Å². The highest BCUT2D eigenvalue weighted by atomic mass is 35.5. The Morgan fingerprint density at radius 1 is 1.62 bits per heavy atom. The van der Waals surface area contributed by atoms with Crippen LogP contribution < -0.4 is 0 Å². The summed E-state index contributed by atoms with van der Waals surface area (Å²) in [7, 11) is 0. The summed E-state index contributed by atoms with van der Waals surface area (Å²) in [5, 5.41) is 8.66. The van der Waals surface area contributed by atoms with Crippen LogP contribution in [0.4, 0.5) is 0 Å². The molecule has 13 heavy (non-hydrogen) atoms. The van der Waals surface area contributed by atoms with Crippen LogP contribution in [-0.2, 0) is 4.29 Å². The molecule has 0 amide bonds. The predicted molar refractivity (Wildman–Crippen MR) is 47.2 cm³/mol. The molecule has 66 valence electrons. The fourth-order valence-corrected chi connectivity index (χ4v) is 1.10. The number of carbonyl (C=O) groups excluding carboxylic acids is 1. The van der Waals surface area contributed by atoms with E-state index in [2.05, 4.69) is 4.29 Å². The Morgan fingerprint density at radius 2 is 2.31 bits per heavy atom. The summed E-state index contributed by atoms with van der Waals surface area (Å²) in [4.78, 5) is 11.0. The van der Waals surface area contributed by atoms with Gasteiger partial charge in [-0.2, -0.15) is 5.26 Å². The molecule has 0 aliphatic heterocycles. The molecule has 0 spiro atoms. The van der Waals surface area contributed by atoms with E-state index in [0.29, 0.717) is 16.7 Å². The Balaban J connectivity index is 3.25. The molecule has 0 saturated carbocycles. The van der Waals surface area contributed by atoms with Gasteiger partial charge in [-0.1, -0.05) is 6.07 Å². The van der Waals surface area contributed by atoms with Crippen LogP contribution in [0.2, 0.25) is 0 Å². The van der Waals surface area contributed by atoms with Crippen molar-refractivity contribution in [3.05, 3.63) is 34.9 Å². The zero-order valence-electron chi connectivity index (χ0n) is 6.87. The summed E-state index contributed by atoms with van der Waals surface area (Å²) in [5.41, 5.74) is 1.34. The first-order valence-electron chi connectivity index (χ1n) is 3.53. The van der Waals surface area contributed by atoms with Gasteiger partial charge in [0.05, 0.1) is 17.2 Å². The van der Waals surface area contributed by atoms with Crippen molar-refractivity contribution in [2.75, 3.05) is 0 Å². The minimum Gasteiger partial charge on any atom is -0.343 e. The van der Waals surface area contributed by atoms with E-state index < -0.39 is 5.97 Å². The molecular formula is C9H6ClNO2. The molecule has 0 atom stereocenters. The fraction of sp³-hybridized carbons (Fsp3) is 0.111. The fourth-order valence-electron chi connectivity index (χ4n) is 1.02. The normalized spacial score (nSPS) is 9.00. The summed E-state index contributed by atoms with van der Waals surface area (Å²) in [5.74, 6) is -0.642. The van der Waals surface area contributed by atoms with Crippen molar-refractivity contribution in [3.8, 4) is 6.07 Å². The predicted octanol–water partition coefficient (Wildman–Crippen LogP) is 2.18. The van der Waals surface area contributed by atoms with Crippen molar-refractivity contribution in [2.45, 2.75) is 6.92 Å². The maximum Gasteiger partial charge on any atom is 0.356 e. The first-order chi connectivity index (χ1) is 6.20.